The minimum Gasteiger partial charge on any atom is -0.389 e. The standard InChI is InChI=1S/C14H15BrN2O3S/c1-9-7-12(15)8-16-14(9)17-21(19,20)13-5-3-11(4-6-13)10(2)18/h3-8,10,18H,1-2H3,(H,16,17). The van der Waals surface area contributed by atoms with Crippen molar-refractivity contribution in [2.24, 2.45) is 0 Å². The summed E-state index contributed by atoms with van der Waals surface area (Å²) in [5, 5.41) is 9.44. The van der Waals surface area contributed by atoms with Crippen LogP contribution in [-0.2, 0) is 10.0 Å². The molecule has 1 aromatic heterocycles. The van der Waals surface area contributed by atoms with E-state index in [0.717, 1.165) is 4.47 Å². The minimum atomic E-state index is -3.70. The first-order chi connectivity index (χ1) is 9.79. The molecule has 2 rings (SSSR count). The maximum atomic E-state index is 12.3. The third kappa shape index (κ3) is 3.81. The Kier molecular flexibility index (Phi) is 4.65. The molecule has 112 valence electrons. The summed E-state index contributed by atoms with van der Waals surface area (Å²) in [6.07, 6.45) is 0.895. The van der Waals surface area contributed by atoms with Gasteiger partial charge >= 0.3 is 0 Å². The van der Waals surface area contributed by atoms with Crippen molar-refractivity contribution in [3.63, 3.8) is 0 Å². The highest BCUT2D eigenvalue weighted by Crippen LogP contribution is 2.21. The summed E-state index contributed by atoms with van der Waals surface area (Å²) in [6, 6.07) is 7.86. The monoisotopic (exact) mass is 370 g/mol. The Hall–Kier alpha value is -1.44. The highest BCUT2D eigenvalue weighted by atomic mass is 79.9. The number of rotatable bonds is 4. The van der Waals surface area contributed by atoms with E-state index < -0.39 is 16.1 Å². The molecule has 1 aromatic carbocycles. The first-order valence-corrected chi connectivity index (χ1v) is 8.50. The number of hydrogen-bond acceptors (Lipinski definition) is 4. The van der Waals surface area contributed by atoms with E-state index in [1.54, 1.807) is 32.0 Å². The van der Waals surface area contributed by atoms with E-state index in [1.165, 1.54) is 18.3 Å². The SMILES string of the molecule is Cc1cc(Br)cnc1NS(=O)(=O)c1ccc(C(C)O)cc1. The predicted octanol–water partition coefficient (Wildman–Crippen LogP) is 3.01. The molecule has 7 heteroatoms. The number of aryl methyl sites for hydroxylation is 1. The van der Waals surface area contributed by atoms with Gasteiger partial charge in [-0.15, -0.1) is 0 Å². The summed E-state index contributed by atoms with van der Waals surface area (Å²) in [4.78, 5) is 4.18. The number of benzene rings is 1. The van der Waals surface area contributed by atoms with Gasteiger partial charge in [0.25, 0.3) is 10.0 Å². The van der Waals surface area contributed by atoms with Crippen molar-refractivity contribution in [1.82, 2.24) is 4.98 Å². The molecular formula is C14H15BrN2O3S. The highest BCUT2D eigenvalue weighted by Gasteiger charge is 2.16. The lowest BCUT2D eigenvalue weighted by Crippen LogP contribution is -2.15. The lowest BCUT2D eigenvalue weighted by Gasteiger charge is -2.11. The van der Waals surface area contributed by atoms with Crippen LogP contribution in [0.25, 0.3) is 0 Å². The quantitative estimate of drug-likeness (QED) is 0.866. The van der Waals surface area contributed by atoms with E-state index >= 15 is 0 Å². The maximum absolute atomic E-state index is 12.3. The van der Waals surface area contributed by atoms with Gasteiger partial charge in [0.2, 0.25) is 0 Å². The van der Waals surface area contributed by atoms with E-state index in [2.05, 4.69) is 25.6 Å². The van der Waals surface area contributed by atoms with Crippen LogP contribution in [0.3, 0.4) is 0 Å². The molecule has 0 saturated heterocycles. The fourth-order valence-corrected chi connectivity index (χ4v) is 3.29. The Morgan fingerprint density at radius 2 is 1.90 bits per heavy atom. The van der Waals surface area contributed by atoms with Crippen LogP contribution in [0.15, 0.2) is 45.9 Å². The van der Waals surface area contributed by atoms with Crippen molar-refractivity contribution in [3.05, 3.63) is 52.1 Å². The van der Waals surface area contributed by atoms with Crippen LogP contribution in [0.1, 0.15) is 24.2 Å². The van der Waals surface area contributed by atoms with Crippen molar-refractivity contribution in [2.75, 3.05) is 4.72 Å². The first-order valence-electron chi connectivity index (χ1n) is 6.22. The Balaban J connectivity index is 2.29. The molecule has 5 nitrogen and oxygen atoms in total. The van der Waals surface area contributed by atoms with Gasteiger partial charge in [-0.25, -0.2) is 13.4 Å². The van der Waals surface area contributed by atoms with E-state index in [0.29, 0.717) is 11.1 Å². The molecule has 0 aliphatic carbocycles. The molecule has 0 fully saturated rings. The number of nitrogens with zero attached hydrogens (tertiary/aromatic N) is 1. The lowest BCUT2D eigenvalue weighted by molar-refractivity contribution is 0.199. The first kappa shape index (κ1) is 15.9. The molecule has 0 radical (unpaired) electrons. The lowest BCUT2D eigenvalue weighted by atomic mass is 10.1. The molecule has 21 heavy (non-hydrogen) atoms. The number of halogens is 1. The number of pyridine rings is 1. The third-order valence-electron chi connectivity index (χ3n) is 2.95. The van der Waals surface area contributed by atoms with Gasteiger partial charge in [-0.3, -0.25) is 4.72 Å². The average molecular weight is 371 g/mol. The van der Waals surface area contributed by atoms with Crippen LogP contribution in [0.5, 0.6) is 0 Å². The zero-order valence-electron chi connectivity index (χ0n) is 11.5. The number of nitrogens with one attached hydrogen (secondary N) is 1. The summed E-state index contributed by atoms with van der Waals surface area (Å²) >= 11 is 3.28. The molecule has 0 amide bonds. The molecule has 1 atom stereocenters. The Morgan fingerprint density at radius 1 is 1.29 bits per heavy atom. The second-order valence-corrected chi connectivity index (χ2v) is 7.27. The van der Waals surface area contributed by atoms with Gasteiger partial charge < -0.3 is 5.11 Å². The van der Waals surface area contributed by atoms with Gasteiger partial charge in [0.1, 0.15) is 5.82 Å². The van der Waals surface area contributed by atoms with Crippen LogP contribution < -0.4 is 4.72 Å². The zero-order valence-corrected chi connectivity index (χ0v) is 13.9. The Labute approximate surface area is 132 Å². The number of aliphatic hydroxyl groups is 1. The van der Waals surface area contributed by atoms with Crippen molar-refractivity contribution in [1.29, 1.82) is 0 Å². The Bertz CT molecular complexity index is 743. The molecule has 1 unspecified atom stereocenters. The number of hydrogen-bond donors (Lipinski definition) is 2. The van der Waals surface area contributed by atoms with E-state index in [9.17, 15) is 13.5 Å². The summed E-state index contributed by atoms with van der Waals surface area (Å²) in [6.45, 7) is 3.39. The normalized spacial score (nSPS) is 13.0. The second kappa shape index (κ2) is 6.13. The van der Waals surface area contributed by atoms with Crippen LogP contribution in [-0.4, -0.2) is 18.5 Å². The predicted molar refractivity (Wildman–Crippen MR) is 84.6 cm³/mol. The van der Waals surface area contributed by atoms with Crippen LogP contribution in [0.4, 0.5) is 5.82 Å². The largest absolute Gasteiger partial charge is 0.389 e. The van der Waals surface area contributed by atoms with E-state index in [4.69, 9.17) is 0 Å². The van der Waals surface area contributed by atoms with Crippen LogP contribution in [0, 0.1) is 6.92 Å². The Morgan fingerprint density at radius 3 is 2.43 bits per heavy atom. The average Bonchev–Trinajstić information content (AvgIpc) is 2.42. The minimum absolute atomic E-state index is 0.121. The molecule has 0 bridgehead atoms. The summed E-state index contributed by atoms with van der Waals surface area (Å²) < 4.78 is 27.8. The van der Waals surface area contributed by atoms with Crippen molar-refractivity contribution in [3.8, 4) is 0 Å². The van der Waals surface area contributed by atoms with Crippen LogP contribution in [0.2, 0.25) is 0 Å². The molecule has 2 aromatic rings. The van der Waals surface area contributed by atoms with Crippen molar-refractivity contribution < 1.29 is 13.5 Å². The van der Waals surface area contributed by atoms with Gasteiger partial charge in [0.05, 0.1) is 11.0 Å². The van der Waals surface area contributed by atoms with Gasteiger partial charge in [-0.2, -0.15) is 0 Å². The van der Waals surface area contributed by atoms with Gasteiger partial charge in [0, 0.05) is 10.7 Å². The molecule has 0 aliphatic rings. The fraction of sp³-hybridized carbons (Fsp3) is 0.214. The topological polar surface area (TPSA) is 79.3 Å². The summed E-state index contributed by atoms with van der Waals surface area (Å²) in [7, 11) is -3.70. The molecular weight excluding hydrogens is 356 g/mol. The number of anilines is 1. The summed E-state index contributed by atoms with van der Waals surface area (Å²) in [5.74, 6) is 0.290. The summed E-state index contributed by atoms with van der Waals surface area (Å²) in [5.41, 5.74) is 1.38. The third-order valence-corrected chi connectivity index (χ3v) is 4.74. The molecule has 0 saturated carbocycles. The smallest absolute Gasteiger partial charge is 0.263 e. The number of aromatic nitrogens is 1. The van der Waals surface area contributed by atoms with Gasteiger partial charge in [0.15, 0.2) is 0 Å². The fourth-order valence-electron chi connectivity index (χ4n) is 1.76. The molecule has 2 N–H and O–H groups in total. The number of sulfonamides is 1. The van der Waals surface area contributed by atoms with Crippen LogP contribution >= 0.6 is 15.9 Å². The number of aliphatic hydroxyl groups excluding tert-OH is 1. The van der Waals surface area contributed by atoms with E-state index in [-0.39, 0.29) is 10.7 Å². The van der Waals surface area contributed by atoms with Crippen molar-refractivity contribution >= 4 is 31.8 Å². The van der Waals surface area contributed by atoms with Gasteiger partial charge in [-0.1, -0.05) is 12.1 Å². The molecule has 0 aliphatic heterocycles. The zero-order chi connectivity index (χ0) is 15.6. The van der Waals surface area contributed by atoms with E-state index in [1.807, 2.05) is 0 Å². The molecule has 1 heterocycles. The van der Waals surface area contributed by atoms with Gasteiger partial charge in [-0.05, 0) is 59.1 Å². The second-order valence-electron chi connectivity index (χ2n) is 4.67. The van der Waals surface area contributed by atoms with Crippen molar-refractivity contribution in [2.45, 2.75) is 24.8 Å². The highest BCUT2D eigenvalue weighted by molar-refractivity contribution is 9.10. The molecule has 0 spiro atoms. The maximum Gasteiger partial charge on any atom is 0.263 e.